The van der Waals surface area contributed by atoms with Gasteiger partial charge in [-0.05, 0) is 31.4 Å². The van der Waals surface area contributed by atoms with E-state index in [4.69, 9.17) is 18.0 Å². The van der Waals surface area contributed by atoms with Crippen LogP contribution in [0.5, 0.6) is 0 Å². The van der Waals surface area contributed by atoms with Crippen molar-refractivity contribution in [1.82, 2.24) is 4.90 Å². The van der Waals surface area contributed by atoms with Gasteiger partial charge in [0.2, 0.25) is 0 Å². The summed E-state index contributed by atoms with van der Waals surface area (Å²) in [7, 11) is 0. The second-order valence-electron chi connectivity index (χ2n) is 4.78. The highest BCUT2D eigenvalue weighted by Gasteiger charge is 2.21. The van der Waals surface area contributed by atoms with Crippen LogP contribution in [0.3, 0.4) is 0 Å². The third-order valence-corrected chi connectivity index (χ3v) is 3.80. The van der Waals surface area contributed by atoms with E-state index in [1.54, 1.807) is 0 Å². The van der Waals surface area contributed by atoms with Gasteiger partial charge in [-0.2, -0.15) is 0 Å². The quantitative estimate of drug-likeness (QED) is 0.829. The molecule has 1 saturated heterocycles. The Kier molecular flexibility index (Phi) is 4.51. The van der Waals surface area contributed by atoms with Crippen molar-refractivity contribution in [3.05, 3.63) is 35.9 Å². The number of rotatable bonds is 4. The van der Waals surface area contributed by atoms with Gasteiger partial charge in [-0.25, -0.2) is 0 Å². The maximum Gasteiger partial charge on any atom is 0.0771 e. The average molecular weight is 248 g/mol. The van der Waals surface area contributed by atoms with Crippen molar-refractivity contribution in [3.8, 4) is 0 Å². The number of benzene rings is 1. The molecule has 3 heteroatoms. The molecule has 0 amide bonds. The molecule has 0 radical (unpaired) electrons. The Morgan fingerprint density at radius 3 is 2.82 bits per heavy atom. The van der Waals surface area contributed by atoms with Crippen molar-refractivity contribution in [2.75, 3.05) is 19.6 Å². The number of nitrogens with two attached hydrogens (primary N) is 1. The molecule has 1 atom stereocenters. The Hall–Kier alpha value is -0.930. The van der Waals surface area contributed by atoms with E-state index < -0.39 is 0 Å². The lowest BCUT2D eigenvalue weighted by molar-refractivity contribution is 0.207. The first-order valence-corrected chi connectivity index (χ1v) is 6.72. The Bertz CT molecular complexity index is 364. The first kappa shape index (κ1) is 12.5. The van der Waals surface area contributed by atoms with E-state index in [1.165, 1.54) is 18.5 Å². The van der Waals surface area contributed by atoms with Crippen LogP contribution in [0.4, 0.5) is 0 Å². The fraction of sp³-hybridized carbons (Fsp3) is 0.500. The molecule has 1 heterocycles. The zero-order chi connectivity index (χ0) is 12.1. The maximum atomic E-state index is 5.74. The summed E-state index contributed by atoms with van der Waals surface area (Å²) in [6.07, 6.45) is 3.50. The lowest BCUT2D eigenvalue weighted by Gasteiger charge is -2.32. The first-order chi connectivity index (χ1) is 8.25. The molecule has 0 spiro atoms. The van der Waals surface area contributed by atoms with E-state index in [9.17, 15) is 0 Å². The van der Waals surface area contributed by atoms with Crippen LogP contribution >= 0.6 is 12.2 Å². The minimum absolute atomic E-state index is 0.425. The number of likely N-dealkylation sites (tertiary alicyclic amines) is 1. The van der Waals surface area contributed by atoms with Gasteiger partial charge in [-0.3, -0.25) is 0 Å². The van der Waals surface area contributed by atoms with Crippen LogP contribution in [0.2, 0.25) is 0 Å². The molecule has 2 nitrogen and oxygen atoms in total. The summed E-state index contributed by atoms with van der Waals surface area (Å²) >= 11 is 5.10. The molecular weight excluding hydrogens is 228 g/mol. The molecule has 2 N–H and O–H groups in total. The SMILES string of the molecule is NC(=S)C1CCCN(CCc2ccccc2)C1. The molecule has 0 aliphatic carbocycles. The monoisotopic (exact) mass is 248 g/mol. The van der Waals surface area contributed by atoms with E-state index in [-0.39, 0.29) is 0 Å². The normalized spacial score (nSPS) is 21.3. The van der Waals surface area contributed by atoms with Crippen LogP contribution in [0.25, 0.3) is 0 Å². The maximum absolute atomic E-state index is 5.74. The number of piperidine rings is 1. The van der Waals surface area contributed by atoms with Crippen LogP contribution in [0.1, 0.15) is 18.4 Å². The van der Waals surface area contributed by atoms with Gasteiger partial charge in [-0.1, -0.05) is 42.5 Å². The molecule has 17 heavy (non-hydrogen) atoms. The second-order valence-corrected chi connectivity index (χ2v) is 5.25. The summed E-state index contributed by atoms with van der Waals surface area (Å²) in [4.78, 5) is 3.18. The predicted molar refractivity (Wildman–Crippen MR) is 76.1 cm³/mol. The number of hydrogen-bond donors (Lipinski definition) is 1. The highest BCUT2D eigenvalue weighted by Crippen LogP contribution is 2.17. The standard InChI is InChI=1S/C14H20N2S/c15-14(17)13-7-4-9-16(11-13)10-8-12-5-2-1-3-6-12/h1-3,5-6,13H,4,7-11H2,(H2,15,17). The van der Waals surface area contributed by atoms with Crippen molar-refractivity contribution >= 4 is 17.2 Å². The number of hydrogen-bond acceptors (Lipinski definition) is 2. The van der Waals surface area contributed by atoms with Crippen molar-refractivity contribution in [2.45, 2.75) is 19.3 Å². The molecule has 1 aromatic carbocycles. The van der Waals surface area contributed by atoms with Gasteiger partial charge < -0.3 is 10.6 Å². The zero-order valence-electron chi connectivity index (χ0n) is 10.1. The fourth-order valence-electron chi connectivity index (χ4n) is 2.42. The lowest BCUT2D eigenvalue weighted by atomic mass is 9.98. The van der Waals surface area contributed by atoms with Crippen LogP contribution in [-0.2, 0) is 6.42 Å². The van der Waals surface area contributed by atoms with E-state index in [2.05, 4.69) is 35.2 Å². The fourth-order valence-corrected chi connectivity index (χ4v) is 2.62. The summed E-state index contributed by atoms with van der Waals surface area (Å²) in [5.41, 5.74) is 7.15. The van der Waals surface area contributed by atoms with Crippen molar-refractivity contribution in [2.24, 2.45) is 11.7 Å². The molecule has 1 fully saturated rings. The smallest absolute Gasteiger partial charge is 0.0771 e. The third-order valence-electron chi connectivity index (χ3n) is 3.47. The predicted octanol–water partition coefficient (Wildman–Crippen LogP) is 2.23. The Labute approximate surface area is 109 Å². The van der Waals surface area contributed by atoms with Crippen molar-refractivity contribution < 1.29 is 0 Å². The van der Waals surface area contributed by atoms with Crippen LogP contribution in [-0.4, -0.2) is 29.5 Å². The summed E-state index contributed by atoms with van der Waals surface area (Å²) in [6.45, 7) is 3.34. The van der Waals surface area contributed by atoms with Crippen molar-refractivity contribution in [1.29, 1.82) is 0 Å². The Morgan fingerprint density at radius 2 is 2.12 bits per heavy atom. The number of thiocarbonyl (C=S) groups is 1. The minimum Gasteiger partial charge on any atom is -0.393 e. The highest BCUT2D eigenvalue weighted by molar-refractivity contribution is 7.80. The zero-order valence-corrected chi connectivity index (χ0v) is 11.0. The molecule has 1 aliphatic heterocycles. The summed E-state index contributed by atoms with van der Waals surface area (Å²) in [5.74, 6) is 0.425. The second kappa shape index (κ2) is 6.12. The molecule has 0 saturated carbocycles. The molecule has 0 aromatic heterocycles. The van der Waals surface area contributed by atoms with Crippen LogP contribution in [0, 0.1) is 5.92 Å². The molecule has 0 bridgehead atoms. The molecule has 2 rings (SSSR count). The molecule has 1 unspecified atom stereocenters. The third kappa shape index (κ3) is 3.79. The van der Waals surface area contributed by atoms with E-state index in [0.717, 1.165) is 25.9 Å². The van der Waals surface area contributed by atoms with Gasteiger partial charge in [0.1, 0.15) is 0 Å². The molecule has 1 aromatic rings. The van der Waals surface area contributed by atoms with E-state index >= 15 is 0 Å². The van der Waals surface area contributed by atoms with Crippen LogP contribution in [0.15, 0.2) is 30.3 Å². The van der Waals surface area contributed by atoms with Gasteiger partial charge in [0.15, 0.2) is 0 Å². The van der Waals surface area contributed by atoms with Gasteiger partial charge >= 0.3 is 0 Å². The first-order valence-electron chi connectivity index (χ1n) is 6.31. The molecule has 92 valence electrons. The topological polar surface area (TPSA) is 29.3 Å². The van der Waals surface area contributed by atoms with Crippen LogP contribution < -0.4 is 5.73 Å². The molecular formula is C14H20N2S. The van der Waals surface area contributed by atoms with E-state index in [1.807, 2.05) is 0 Å². The highest BCUT2D eigenvalue weighted by atomic mass is 32.1. The van der Waals surface area contributed by atoms with Gasteiger partial charge in [-0.15, -0.1) is 0 Å². The average Bonchev–Trinajstić information content (AvgIpc) is 2.38. The summed E-state index contributed by atoms with van der Waals surface area (Å²) in [5, 5.41) is 0. The number of nitrogens with zero attached hydrogens (tertiary/aromatic N) is 1. The van der Waals surface area contributed by atoms with Gasteiger partial charge in [0, 0.05) is 19.0 Å². The van der Waals surface area contributed by atoms with E-state index in [0.29, 0.717) is 10.9 Å². The summed E-state index contributed by atoms with van der Waals surface area (Å²) < 4.78 is 0. The largest absolute Gasteiger partial charge is 0.393 e. The van der Waals surface area contributed by atoms with Gasteiger partial charge in [0.25, 0.3) is 0 Å². The van der Waals surface area contributed by atoms with Gasteiger partial charge in [0.05, 0.1) is 4.99 Å². The molecule has 1 aliphatic rings. The Balaban J connectivity index is 1.81. The minimum atomic E-state index is 0.425. The Morgan fingerprint density at radius 1 is 1.35 bits per heavy atom. The van der Waals surface area contributed by atoms with Crippen molar-refractivity contribution in [3.63, 3.8) is 0 Å². The lowest BCUT2D eigenvalue weighted by Crippen LogP contribution is -2.41. The summed E-state index contributed by atoms with van der Waals surface area (Å²) in [6, 6.07) is 10.6.